The molecule has 1 aromatic carbocycles. The number of thioether (sulfide) groups is 1. The van der Waals surface area contributed by atoms with Crippen molar-refractivity contribution >= 4 is 28.5 Å². The molecule has 0 aromatic heterocycles. The maximum Gasteiger partial charge on any atom is 0.231 e. The molecule has 4 nitrogen and oxygen atoms in total. The van der Waals surface area contributed by atoms with Gasteiger partial charge >= 0.3 is 0 Å². The van der Waals surface area contributed by atoms with Gasteiger partial charge in [0.05, 0.1) is 5.02 Å². The Morgan fingerprint density at radius 2 is 2.33 bits per heavy atom. The quantitative estimate of drug-likeness (QED) is 0.618. The summed E-state index contributed by atoms with van der Waals surface area (Å²) in [6.07, 6.45) is 0. The summed E-state index contributed by atoms with van der Waals surface area (Å²) in [6, 6.07) is 3.65. The standard InChI is InChI=1S/C9H9ClN2O2S/c10-6-1-5(3-15-9(11)12)2-7-8(6)14-4-13-7/h1-2H,3-4H2,(H3,11,12). The van der Waals surface area contributed by atoms with Crippen LogP contribution in [0.2, 0.25) is 5.02 Å². The van der Waals surface area contributed by atoms with Crippen molar-refractivity contribution < 1.29 is 9.47 Å². The molecular formula is C9H9ClN2O2S. The third-order valence-corrected chi connectivity index (χ3v) is 2.95. The molecule has 80 valence electrons. The van der Waals surface area contributed by atoms with Gasteiger partial charge in [-0.3, -0.25) is 5.41 Å². The second-order valence-corrected chi connectivity index (χ2v) is 4.39. The number of amidine groups is 1. The molecule has 0 saturated heterocycles. The molecule has 3 N–H and O–H groups in total. The largest absolute Gasteiger partial charge is 0.454 e. The molecule has 1 heterocycles. The predicted molar refractivity (Wildman–Crippen MR) is 60.8 cm³/mol. The van der Waals surface area contributed by atoms with Gasteiger partial charge in [-0.05, 0) is 17.7 Å². The van der Waals surface area contributed by atoms with Gasteiger partial charge < -0.3 is 15.2 Å². The summed E-state index contributed by atoms with van der Waals surface area (Å²) >= 11 is 7.24. The van der Waals surface area contributed by atoms with Gasteiger partial charge in [0.1, 0.15) is 0 Å². The molecule has 1 aliphatic heterocycles. The third-order valence-electron chi connectivity index (χ3n) is 1.88. The van der Waals surface area contributed by atoms with Gasteiger partial charge in [0.15, 0.2) is 16.7 Å². The first kappa shape index (κ1) is 10.4. The van der Waals surface area contributed by atoms with Crippen molar-refractivity contribution in [3.05, 3.63) is 22.7 Å². The van der Waals surface area contributed by atoms with Gasteiger partial charge in [0.2, 0.25) is 6.79 Å². The molecule has 1 aliphatic rings. The van der Waals surface area contributed by atoms with E-state index >= 15 is 0 Å². The van der Waals surface area contributed by atoms with Crippen LogP contribution in [0, 0.1) is 5.41 Å². The zero-order valence-corrected chi connectivity index (χ0v) is 9.32. The number of fused-ring (bicyclic) bond motifs is 1. The summed E-state index contributed by atoms with van der Waals surface area (Å²) < 4.78 is 10.4. The van der Waals surface area contributed by atoms with E-state index in [0.29, 0.717) is 22.3 Å². The van der Waals surface area contributed by atoms with Gasteiger partial charge in [0, 0.05) is 5.75 Å². The van der Waals surface area contributed by atoms with E-state index < -0.39 is 0 Å². The highest BCUT2D eigenvalue weighted by atomic mass is 35.5. The van der Waals surface area contributed by atoms with Gasteiger partial charge in [-0.2, -0.15) is 0 Å². The Morgan fingerprint density at radius 3 is 3.07 bits per heavy atom. The number of hydrogen-bond acceptors (Lipinski definition) is 4. The first-order chi connectivity index (χ1) is 7.16. The number of ether oxygens (including phenoxy) is 2. The molecule has 0 fully saturated rings. The van der Waals surface area contributed by atoms with Crippen molar-refractivity contribution in [3.8, 4) is 11.5 Å². The van der Waals surface area contributed by atoms with Gasteiger partial charge in [0.25, 0.3) is 0 Å². The van der Waals surface area contributed by atoms with Crippen molar-refractivity contribution in [2.45, 2.75) is 5.75 Å². The minimum atomic E-state index is 0.0868. The molecule has 0 aliphatic carbocycles. The Hall–Kier alpha value is -1.07. The van der Waals surface area contributed by atoms with Crippen LogP contribution in [0.3, 0.4) is 0 Å². The summed E-state index contributed by atoms with van der Waals surface area (Å²) in [7, 11) is 0. The average molecular weight is 245 g/mol. The molecule has 0 atom stereocenters. The third kappa shape index (κ3) is 2.30. The van der Waals surface area contributed by atoms with E-state index in [2.05, 4.69) is 0 Å². The minimum Gasteiger partial charge on any atom is -0.454 e. The number of rotatable bonds is 2. The Kier molecular flexibility index (Phi) is 2.93. The zero-order chi connectivity index (χ0) is 10.8. The number of nitrogens with one attached hydrogen (secondary N) is 1. The molecule has 0 bridgehead atoms. The van der Waals surface area contributed by atoms with Crippen LogP contribution in [0.4, 0.5) is 0 Å². The van der Waals surface area contributed by atoms with Crippen molar-refractivity contribution in [3.63, 3.8) is 0 Å². The Morgan fingerprint density at radius 1 is 1.53 bits per heavy atom. The maximum absolute atomic E-state index is 7.10. The molecule has 0 unspecified atom stereocenters. The van der Waals surface area contributed by atoms with Crippen LogP contribution in [-0.4, -0.2) is 12.0 Å². The summed E-state index contributed by atoms with van der Waals surface area (Å²) in [5.74, 6) is 1.85. The van der Waals surface area contributed by atoms with E-state index in [9.17, 15) is 0 Å². The lowest BCUT2D eigenvalue weighted by molar-refractivity contribution is 0.174. The average Bonchev–Trinajstić information content (AvgIpc) is 2.63. The fourth-order valence-electron chi connectivity index (χ4n) is 1.27. The monoisotopic (exact) mass is 244 g/mol. The molecule has 0 saturated carbocycles. The predicted octanol–water partition coefficient (Wildman–Crippen LogP) is 2.20. The Bertz CT molecular complexity index is 411. The van der Waals surface area contributed by atoms with Crippen molar-refractivity contribution in [2.24, 2.45) is 5.73 Å². The molecule has 15 heavy (non-hydrogen) atoms. The lowest BCUT2D eigenvalue weighted by Gasteiger charge is -2.04. The van der Waals surface area contributed by atoms with E-state index in [1.807, 2.05) is 6.07 Å². The second-order valence-electron chi connectivity index (χ2n) is 2.96. The highest BCUT2D eigenvalue weighted by Crippen LogP contribution is 2.40. The Labute approximate surface area is 96.2 Å². The van der Waals surface area contributed by atoms with Crippen LogP contribution < -0.4 is 15.2 Å². The van der Waals surface area contributed by atoms with Gasteiger partial charge in [-0.15, -0.1) is 0 Å². The number of benzene rings is 1. The fraction of sp³-hybridized carbons (Fsp3) is 0.222. The first-order valence-electron chi connectivity index (χ1n) is 4.21. The number of nitrogens with two attached hydrogens (primary N) is 1. The summed E-state index contributed by atoms with van der Waals surface area (Å²) in [5, 5.41) is 7.72. The second kappa shape index (κ2) is 4.20. The van der Waals surface area contributed by atoms with Crippen LogP contribution in [0.15, 0.2) is 12.1 Å². The van der Waals surface area contributed by atoms with Gasteiger partial charge in [-0.1, -0.05) is 23.4 Å². The van der Waals surface area contributed by atoms with E-state index in [1.54, 1.807) is 6.07 Å². The van der Waals surface area contributed by atoms with E-state index in [4.69, 9.17) is 32.2 Å². The maximum atomic E-state index is 7.10. The highest BCUT2D eigenvalue weighted by molar-refractivity contribution is 8.13. The molecule has 1 aromatic rings. The van der Waals surface area contributed by atoms with Crippen LogP contribution in [0.1, 0.15) is 5.56 Å². The molecule has 0 spiro atoms. The van der Waals surface area contributed by atoms with Crippen LogP contribution in [0.5, 0.6) is 11.5 Å². The van der Waals surface area contributed by atoms with E-state index in [-0.39, 0.29) is 12.0 Å². The smallest absolute Gasteiger partial charge is 0.231 e. The molecular weight excluding hydrogens is 236 g/mol. The SMILES string of the molecule is N=C(N)SCc1cc(Cl)c2c(c1)OCO2. The first-order valence-corrected chi connectivity index (χ1v) is 5.58. The molecule has 0 radical (unpaired) electrons. The number of hydrogen-bond donors (Lipinski definition) is 2. The molecule has 0 amide bonds. The van der Waals surface area contributed by atoms with E-state index in [1.165, 1.54) is 11.8 Å². The molecule has 2 rings (SSSR count). The number of halogens is 1. The van der Waals surface area contributed by atoms with E-state index in [0.717, 1.165) is 5.56 Å². The topological polar surface area (TPSA) is 68.3 Å². The minimum absolute atomic E-state index is 0.0868. The summed E-state index contributed by atoms with van der Waals surface area (Å²) in [5.41, 5.74) is 6.21. The fourth-order valence-corrected chi connectivity index (χ4v) is 2.04. The normalized spacial score (nSPS) is 12.9. The van der Waals surface area contributed by atoms with Gasteiger partial charge in [-0.25, -0.2) is 0 Å². The van der Waals surface area contributed by atoms with Crippen molar-refractivity contribution in [2.75, 3.05) is 6.79 Å². The zero-order valence-electron chi connectivity index (χ0n) is 7.75. The summed E-state index contributed by atoms with van der Waals surface area (Å²) in [6.45, 7) is 0.207. The summed E-state index contributed by atoms with van der Waals surface area (Å²) in [4.78, 5) is 0. The van der Waals surface area contributed by atoms with Crippen molar-refractivity contribution in [1.82, 2.24) is 0 Å². The Balaban J connectivity index is 2.20. The highest BCUT2D eigenvalue weighted by Gasteiger charge is 2.18. The van der Waals surface area contributed by atoms with Crippen molar-refractivity contribution in [1.29, 1.82) is 5.41 Å². The lowest BCUT2D eigenvalue weighted by Crippen LogP contribution is -2.03. The molecule has 6 heteroatoms. The van der Waals surface area contributed by atoms with Crippen LogP contribution in [0.25, 0.3) is 0 Å². The van der Waals surface area contributed by atoms with Crippen LogP contribution in [-0.2, 0) is 5.75 Å². The van der Waals surface area contributed by atoms with Crippen LogP contribution >= 0.6 is 23.4 Å². The lowest BCUT2D eigenvalue weighted by atomic mass is 10.2.